The zero-order valence-electron chi connectivity index (χ0n) is 19.4. The Hall–Kier alpha value is -3.64. The van der Waals surface area contributed by atoms with Gasteiger partial charge in [-0.2, -0.15) is 0 Å². The lowest BCUT2D eigenvalue weighted by atomic mass is 10.1. The van der Waals surface area contributed by atoms with Crippen LogP contribution >= 0.6 is 0 Å². The van der Waals surface area contributed by atoms with Crippen LogP contribution in [0, 0.1) is 0 Å². The molecule has 2 aromatic heterocycles. The smallest absolute Gasteiger partial charge is 0.251 e. The Labute approximate surface area is 193 Å². The number of carbonyl (C=O) groups is 1. The summed E-state index contributed by atoms with van der Waals surface area (Å²) >= 11 is 0. The molecule has 0 aliphatic heterocycles. The number of aryl methyl sites for hydroxylation is 1. The second-order valence-corrected chi connectivity index (χ2v) is 8.72. The molecule has 2 heterocycles. The fourth-order valence-corrected chi connectivity index (χ4v) is 4.52. The van der Waals surface area contributed by atoms with Crippen molar-refractivity contribution in [1.29, 1.82) is 0 Å². The molecule has 0 radical (unpaired) electrons. The minimum atomic E-state index is -0.0611. The number of H-pyrrole nitrogens is 1. The van der Waals surface area contributed by atoms with Gasteiger partial charge in [0.1, 0.15) is 5.82 Å². The van der Waals surface area contributed by atoms with Crippen LogP contribution in [0.15, 0.2) is 60.7 Å². The molecule has 2 N–H and O–H groups in total. The number of aromatic nitrogens is 3. The van der Waals surface area contributed by atoms with E-state index in [1.165, 1.54) is 21.8 Å². The summed E-state index contributed by atoms with van der Waals surface area (Å²) in [7, 11) is 4.06. The van der Waals surface area contributed by atoms with E-state index in [9.17, 15) is 4.79 Å². The topological polar surface area (TPSA) is 66.0 Å². The van der Waals surface area contributed by atoms with E-state index in [1.807, 2.05) is 32.3 Å². The Morgan fingerprint density at radius 3 is 2.67 bits per heavy atom. The molecule has 33 heavy (non-hydrogen) atoms. The van der Waals surface area contributed by atoms with E-state index in [4.69, 9.17) is 4.98 Å². The van der Waals surface area contributed by atoms with Gasteiger partial charge in [-0.15, -0.1) is 0 Å². The highest BCUT2D eigenvalue weighted by Gasteiger charge is 2.13. The lowest BCUT2D eigenvalue weighted by molar-refractivity contribution is 0.0952. The number of amides is 1. The molecule has 0 saturated heterocycles. The molecule has 6 nitrogen and oxygen atoms in total. The van der Waals surface area contributed by atoms with Crippen molar-refractivity contribution in [1.82, 2.24) is 24.8 Å². The molecule has 1 amide bonds. The Balaban J connectivity index is 1.45. The normalized spacial score (nSPS) is 11.8. The van der Waals surface area contributed by atoms with Crippen molar-refractivity contribution in [3.05, 3.63) is 66.2 Å². The number of aromatic amines is 1. The number of hydrogen-bond donors (Lipinski definition) is 2. The van der Waals surface area contributed by atoms with Crippen LogP contribution in [0.4, 0.5) is 0 Å². The standard InChI is InChI=1S/C27H29N5O/c1-4-32-24-9-6-5-8-20(24)21-16-18(11-13-25(21)32)26-29-22-12-10-19(17-23(22)30-26)27(33)28-14-7-15-31(2)3/h5-6,8-13,16-17H,4,7,14-15H2,1-3H3,(H,28,33)(H,29,30). The number of para-hydroxylation sites is 1. The summed E-state index contributed by atoms with van der Waals surface area (Å²) in [6.07, 6.45) is 0.921. The van der Waals surface area contributed by atoms with Crippen LogP contribution in [0.1, 0.15) is 23.7 Å². The minimum absolute atomic E-state index is 0.0611. The second-order valence-electron chi connectivity index (χ2n) is 8.72. The number of rotatable bonds is 7. The maximum atomic E-state index is 12.5. The Kier molecular flexibility index (Phi) is 5.60. The number of nitrogens with one attached hydrogen (secondary N) is 2. The maximum absolute atomic E-state index is 12.5. The van der Waals surface area contributed by atoms with E-state index in [-0.39, 0.29) is 5.91 Å². The lowest BCUT2D eigenvalue weighted by Crippen LogP contribution is -2.27. The van der Waals surface area contributed by atoms with E-state index in [0.717, 1.165) is 41.9 Å². The maximum Gasteiger partial charge on any atom is 0.251 e. The summed E-state index contributed by atoms with van der Waals surface area (Å²) in [6.45, 7) is 4.71. The first-order valence-electron chi connectivity index (χ1n) is 11.5. The number of fused-ring (bicyclic) bond motifs is 4. The summed E-state index contributed by atoms with van der Waals surface area (Å²) in [5.41, 5.74) is 5.86. The third-order valence-corrected chi connectivity index (χ3v) is 6.17. The van der Waals surface area contributed by atoms with Gasteiger partial charge in [0, 0.05) is 46.0 Å². The second kappa shape index (κ2) is 8.71. The fraction of sp³-hybridized carbons (Fsp3) is 0.259. The SMILES string of the molecule is CCn1c2ccccc2c2cc(-c3nc4cc(C(=O)NCCCN(C)C)ccc4[nH]3)ccc21. The molecule has 168 valence electrons. The summed E-state index contributed by atoms with van der Waals surface area (Å²) in [6, 6.07) is 20.7. The van der Waals surface area contributed by atoms with E-state index in [2.05, 4.69) is 69.2 Å². The molecule has 6 heteroatoms. The molecule has 0 aliphatic rings. The van der Waals surface area contributed by atoms with Gasteiger partial charge in [-0.05, 0) is 76.4 Å². The summed E-state index contributed by atoms with van der Waals surface area (Å²) < 4.78 is 2.34. The molecule has 0 saturated carbocycles. The van der Waals surface area contributed by atoms with Crippen LogP contribution in [0.25, 0.3) is 44.2 Å². The highest BCUT2D eigenvalue weighted by atomic mass is 16.1. The van der Waals surface area contributed by atoms with Gasteiger partial charge in [0.05, 0.1) is 11.0 Å². The molecule has 0 spiro atoms. The average molecular weight is 440 g/mol. The van der Waals surface area contributed by atoms with Crippen LogP contribution in [0.5, 0.6) is 0 Å². The number of imidazole rings is 1. The first kappa shape index (κ1) is 21.2. The van der Waals surface area contributed by atoms with Crippen molar-refractivity contribution in [3.8, 4) is 11.4 Å². The van der Waals surface area contributed by atoms with Gasteiger partial charge in [-0.3, -0.25) is 4.79 Å². The predicted octanol–water partition coefficient (Wildman–Crippen LogP) is 5.04. The van der Waals surface area contributed by atoms with Gasteiger partial charge in [-0.1, -0.05) is 18.2 Å². The fourth-order valence-electron chi connectivity index (χ4n) is 4.52. The quantitative estimate of drug-likeness (QED) is 0.349. The Morgan fingerprint density at radius 2 is 1.85 bits per heavy atom. The van der Waals surface area contributed by atoms with Crippen LogP contribution in [0.3, 0.4) is 0 Å². The van der Waals surface area contributed by atoms with Crippen molar-refractivity contribution in [2.24, 2.45) is 0 Å². The van der Waals surface area contributed by atoms with Crippen LogP contribution < -0.4 is 5.32 Å². The van der Waals surface area contributed by atoms with Crippen molar-refractivity contribution in [2.45, 2.75) is 19.9 Å². The summed E-state index contributed by atoms with van der Waals surface area (Å²) in [4.78, 5) is 22.9. The van der Waals surface area contributed by atoms with Crippen molar-refractivity contribution in [2.75, 3.05) is 27.2 Å². The van der Waals surface area contributed by atoms with E-state index >= 15 is 0 Å². The molecule has 0 atom stereocenters. The first-order valence-corrected chi connectivity index (χ1v) is 11.5. The van der Waals surface area contributed by atoms with Crippen molar-refractivity contribution < 1.29 is 4.79 Å². The average Bonchev–Trinajstić information content (AvgIpc) is 3.39. The van der Waals surface area contributed by atoms with Crippen LogP contribution in [0.2, 0.25) is 0 Å². The highest BCUT2D eigenvalue weighted by Crippen LogP contribution is 2.32. The lowest BCUT2D eigenvalue weighted by Gasteiger charge is -2.09. The molecule has 0 bridgehead atoms. The van der Waals surface area contributed by atoms with Gasteiger partial charge < -0.3 is 19.8 Å². The number of nitrogens with zero attached hydrogens (tertiary/aromatic N) is 3. The highest BCUT2D eigenvalue weighted by molar-refractivity contribution is 6.09. The zero-order chi connectivity index (χ0) is 22.9. The molecular formula is C27H29N5O. The van der Waals surface area contributed by atoms with E-state index in [1.54, 1.807) is 0 Å². The molecule has 0 unspecified atom stereocenters. The first-order chi connectivity index (χ1) is 16.0. The summed E-state index contributed by atoms with van der Waals surface area (Å²) in [5, 5.41) is 5.47. The van der Waals surface area contributed by atoms with Gasteiger partial charge >= 0.3 is 0 Å². The van der Waals surface area contributed by atoms with Crippen molar-refractivity contribution >= 4 is 38.7 Å². The molecule has 5 rings (SSSR count). The Morgan fingerprint density at radius 1 is 1.03 bits per heavy atom. The van der Waals surface area contributed by atoms with Crippen LogP contribution in [-0.4, -0.2) is 52.5 Å². The Bertz CT molecular complexity index is 1460. The van der Waals surface area contributed by atoms with Gasteiger partial charge in [0.15, 0.2) is 0 Å². The van der Waals surface area contributed by atoms with E-state index < -0.39 is 0 Å². The largest absolute Gasteiger partial charge is 0.352 e. The minimum Gasteiger partial charge on any atom is -0.352 e. The predicted molar refractivity (Wildman–Crippen MR) is 136 cm³/mol. The third kappa shape index (κ3) is 3.98. The van der Waals surface area contributed by atoms with E-state index in [0.29, 0.717) is 12.1 Å². The molecule has 3 aromatic carbocycles. The van der Waals surface area contributed by atoms with Gasteiger partial charge in [-0.25, -0.2) is 4.98 Å². The monoisotopic (exact) mass is 439 g/mol. The molecule has 0 aliphatic carbocycles. The molecule has 5 aromatic rings. The zero-order valence-corrected chi connectivity index (χ0v) is 19.4. The van der Waals surface area contributed by atoms with Gasteiger partial charge in [0.2, 0.25) is 0 Å². The summed E-state index contributed by atoms with van der Waals surface area (Å²) in [5.74, 6) is 0.748. The molecule has 0 fully saturated rings. The number of benzene rings is 3. The van der Waals surface area contributed by atoms with Crippen LogP contribution in [-0.2, 0) is 6.54 Å². The van der Waals surface area contributed by atoms with Gasteiger partial charge in [0.25, 0.3) is 5.91 Å². The van der Waals surface area contributed by atoms with Crippen molar-refractivity contribution in [3.63, 3.8) is 0 Å². The third-order valence-electron chi connectivity index (χ3n) is 6.17. The number of carbonyl (C=O) groups excluding carboxylic acids is 1. The molecular weight excluding hydrogens is 410 g/mol. The number of hydrogen-bond acceptors (Lipinski definition) is 3.